The van der Waals surface area contributed by atoms with Gasteiger partial charge in [0.15, 0.2) is 6.79 Å². The van der Waals surface area contributed by atoms with Crippen molar-refractivity contribution < 1.29 is 13.9 Å². The van der Waals surface area contributed by atoms with Gasteiger partial charge in [0.05, 0.1) is 3.57 Å². The van der Waals surface area contributed by atoms with E-state index in [-0.39, 0.29) is 12.6 Å². The van der Waals surface area contributed by atoms with E-state index in [1.54, 1.807) is 6.07 Å². The number of ether oxygens (including phenoxy) is 2. The van der Waals surface area contributed by atoms with E-state index in [1.807, 2.05) is 22.6 Å². The van der Waals surface area contributed by atoms with Crippen LogP contribution in [0.2, 0.25) is 0 Å². The van der Waals surface area contributed by atoms with Crippen molar-refractivity contribution in [2.24, 2.45) is 0 Å². The number of halogens is 2. The standard InChI is InChI=1S/C8H8FIO2/c1-11-5-12-8-3-2-6(9)4-7(8)10/h2-4H,5H2,1H3. The van der Waals surface area contributed by atoms with Gasteiger partial charge >= 0.3 is 0 Å². The molecule has 0 aliphatic rings. The third kappa shape index (κ3) is 2.60. The molecule has 1 aromatic carbocycles. The predicted octanol–water partition coefficient (Wildman–Crippen LogP) is 2.41. The molecule has 0 spiro atoms. The average molecular weight is 282 g/mol. The fourth-order valence-corrected chi connectivity index (χ4v) is 1.35. The Morgan fingerprint density at radius 1 is 1.50 bits per heavy atom. The minimum atomic E-state index is -0.260. The summed E-state index contributed by atoms with van der Waals surface area (Å²) in [5.41, 5.74) is 0. The van der Waals surface area contributed by atoms with Crippen molar-refractivity contribution in [1.82, 2.24) is 0 Å². The molecule has 66 valence electrons. The second-order valence-electron chi connectivity index (χ2n) is 2.13. The largest absolute Gasteiger partial charge is 0.466 e. The summed E-state index contributed by atoms with van der Waals surface area (Å²) < 4.78 is 23.2. The molecule has 1 rings (SSSR count). The van der Waals surface area contributed by atoms with E-state index in [0.717, 1.165) is 3.57 Å². The maximum atomic E-state index is 12.6. The minimum absolute atomic E-state index is 0.182. The van der Waals surface area contributed by atoms with Gasteiger partial charge in [-0.1, -0.05) is 0 Å². The van der Waals surface area contributed by atoms with Gasteiger partial charge in [-0.2, -0.15) is 0 Å². The average Bonchev–Trinajstić information content (AvgIpc) is 2.03. The van der Waals surface area contributed by atoms with E-state index < -0.39 is 0 Å². The highest BCUT2D eigenvalue weighted by Gasteiger charge is 2.00. The lowest BCUT2D eigenvalue weighted by molar-refractivity contribution is 0.0504. The Bertz CT molecular complexity index is 265. The van der Waals surface area contributed by atoms with Gasteiger partial charge in [-0.05, 0) is 40.8 Å². The molecular formula is C8H8FIO2. The van der Waals surface area contributed by atoms with Crippen LogP contribution in [-0.4, -0.2) is 13.9 Å². The van der Waals surface area contributed by atoms with Gasteiger partial charge in [-0.15, -0.1) is 0 Å². The van der Waals surface area contributed by atoms with Crippen molar-refractivity contribution in [2.75, 3.05) is 13.9 Å². The maximum absolute atomic E-state index is 12.6. The van der Waals surface area contributed by atoms with Gasteiger partial charge in [0, 0.05) is 7.11 Å². The van der Waals surface area contributed by atoms with E-state index in [2.05, 4.69) is 0 Å². The summed E-state index contributed by atoms with van der Waals surface area (Å²) in [4.78, 5) is 0. The summed E-state index contributed by atoms with van der Waals surface area (Å²) in [5, 5.41) is 0. The van der Waals surface area contributed by atoms with Gasteiger partial charge < -0.3 is 9.47 Å². The molecule has 0 saturated carbocycles. The summed E-state index contributed by atoms with van der Waals surface area (Å²) in [6.45, 7) is 0.182. The number of benzene rings is 1. The topological polar surface area (TPSA) is 18.5 Å². The van der Waals surface area contributed by atoms with Gasteiger partial charge in [0.2, 0.25) is 0 Å². The normalized spacial score (nSPS) is 9.92. The van der Waals surface area contributed by atoms with Crippen LogP contribution in [-0.2, 0) is 4.74 Å². The Labute approximate surface area is 83.8 Å². The molecule has 4 heteroatoms. The highest BCUT2D eigenvalue weighted by molar-refractivity contribution is 14.1. The fraction of sp³-hybridized carbons (Fsp3) is 0.250. The first-order valence-electron chi connectivity index (χ1n) is 3.31. The molecule has 0 atom stereocenters. The van der Waals surface area contributed by atoms with E-state index in [4.69, 9.17) is 9.47 Å². The summed E-state index contributed by atoms with van der Waals surface area (Å²) in [7, 11) is 1.54. The summed E-state index contributed by atoms with van der Waals surface area (Å²) in [6, 6.07) is 4.34. The van der Waals surface area contributed by atoms with Crippen LogP contribution in [0.15, 0.2) is 18.2 Å². The second-order valence-corrected chi connectivity index (χ2v) is 3.29. The van der Waals surface area contributed by atoms with E-state index in [0.29, 0.717) is 5.75 Å². The van der Waals surface area contributed by atoms with Crippen LogP contribution in [0.4, 0.5) is 4.39 Å². The smallest absolute Gasteiger partial charge is 0.188 e. The molecule has 0 radical (unpaired) electrons. The molecule has 0 unspecified atom stereocenters. The zero-order valence-electron chi connectivity index (χ0n) is 6.51. The fourth-order valence-electron chi connectivity index (χ4n) is 0.715. The van der Waals surface area contributed by atoms with Crippen LogP contribution in [0, 0.1) is 9.39 Å². The molecule has 2 nitrogen and oxygen atoms in total. The predicted molar refractivity (Wildman–Crippen MR) is 51.6 cm³/mol. The second kappa shape index (κ2) is 4.61. The van der Waals surface area contributed by atoms with Gasteiger partial charge in [0.1, 0.15) is 11.6 Å². The van der Waals surface area contributed by atoms with Crippen LogP contribution in [0.3, 0.4) is 0 Å². The van der Waals surface area contributed by atoms with Crippen molar-refractivity contribution in [3.8, 4) is 5.75 Å². The summed E-state index contributed by atoms with van der Waals surface area (Å²) >= 11 is 2.01. The Morgan fingerprint density at radius 2 is 2.25 bits per heavy atom. The highest BCUT2D eigenvalue weighted by atomic mass is 127. The van der Waals surface area contributed by atoms with Crippen molar-refractivity contribution in [3.05, 3.63) is 27.6 Å². The Morgan fingerprint density at radius 3 is 2.83 bits per heavy atom. The number of hydrogen-bond donors (Lipinski definition) is 0. The lowest BCUT2D eigenvalue weighted by Gasteiger charge is -2.05. The minimum Gasteiger partial charge on any atom is -0.466 e. The highest BCUT2D eigenvalue weighted by Crippen LogP contribution is 2.21. The molecule has 0 bridgehead atoms. The first-order chi connectivity index (χ1) is 5.74. The van der Waals surface area contributed by atoms with Crippen molar-refractivity contribution >= 4 is 22.6 Å². The number of methoxy groups -OCH3 is 1. The first kappa shape index (κ1) is 9.73. The van der Waals surface area contributed by atoms with Crippen molar-refractivity contribution in [2.45, 2.75) is 0 Å². The molecule has 0 aliphatic carbocycles. The SMILES string of the molecule is COCOc1ccc(F)cc1I. The lowest BCUT2D eigenvalue weighted by atomic mass is 10.3. The summed E-state index contributed by atoms with van der Waals surface area (Å²) in [6.07, 6.45) is 0. The molecule has 12 heavy (non-hydrogen) atoms. The molecule has 0 aromatic heterocycles. The molecule has 1 aromatic rings. The molecule has 0 amide bonds. The van der Waals surface area contributed by atoms with Gasteiger partial charge in [-0.25, -0.2) is 4.39 Å². The lowest BCUT2D eigenvalue weighted by Crippen LogP contribution is -2.00. The van der Waals surface area contributed by atoms with E-state index >= 15 is 0 Å². The Kier molecular flexibility index (Phi) is 3.74. The van der Waals surface area contributed by atoms with E-state index in [9.17, 15) is 4.39 Å². The monoisotopic (exact) mass is 282 g/mol. The summed E-state index contributed by atoms with van der Waals surface area (Å²) in [5.74, 6) is 0.378. The maximum Gasteiger partial charge on any atom is 0.188 e. The Balaban J connectivity index is 2.72. The number of rotatable bonds is 3. The van der Waals surface area contributed by atoms with Gasteiger partial charge in [0.25, 0.3) is 0 Å². The molecule has 0 aliphatic heterocycles. The number of hydrogen-bond acceptors (Lipinski definition) is 2. The van der Waals surface area contributed by atoms with E-state index in [1.165, 1.54) is 19.2 Å². The van der Waals surface area contributed by atoms with Crippen LogP contribution in [0.25, 0.3) is 0 Å². The molecule has 0 N–H and O–H groups in total. The van der Waals surface area contributed by atoms with Gasteiger partial charge in [-0.3, -0.25) is 0 Å². The van der Waals surface area contributed by atoms with Crippen LogP contribution >= 0.6 is 22.6 Å². The molecule has 0 heterocycles. The quantitative estimate of drug-likeness (QED) is 0.626. The van der Waals surface area contributed by atoms with Crippen LogP contribution in [0.1, 0.15) is 0 Å². The van der Waals surface area contributed by atoms with Crippen molar-refractivity contribution in [1.29, 1.82) is 0 Å². The zero-order chi connectivity index (χ0) is 8.97. The third-order valence-corrected chi connectivity index (χ3v) is 2.07. The molecule has 0 saturated heterocycles. The molecule has 0 fully saturated rings. The third-order valence-electron chi connectivity index (χ3n) is 1.23. The van der Waals surface area contributed by atoms with Crippen LogP contribution in [0.5, 0.6) is 5.75 Å². The zero-order valence-corrected chi connectivity index (χ0v) is 8.67. The Hall–Kier alpha value is -0.360. The first-order valence-corrected chi connectivity index (χ1v) is 4.38. The van der Waals surface area contributed by atoms with Crippen LogP contribution < -0.4 is 4.74 Å². The molecular weight excluding hydrogens is 274 g/mol. The van der Waals surface area contributed by atoms with Crippen molar-refractivity contribution in [3.63, 3.8) is 0 Å².